The number of esters is 1. The molecular formula is C9H9F3N2O3. The summed E-state index contributed by atoms with van der Waals surface area (Å²) >= 11 is 0. The molecule has 1 aromatic heterocycles. The first kappa shape index (κ1) is 13.2. The Labute approximate surface area is 93.6 Å². The summed E-state index contributed by atoms with van der Waals surface area (Å²) in [4.78, 5) is 21.9. The summed E-state index contributed by atoms with van der Waals surface area (Å²) in [5.41, 5.74) is -2.92. The Morgan fingerprint density at radius 1 is 1.53 bits per heavy atom. The second-order valence-corrected chi connectivity index (χ2v) is 3.08. The van der Waals surface area contributed by atoms with Gasteiger partial charge in [-0.05, 0) is 13.0 Å². The van der Waals surface area contributed by atoms with Crippen LogP contribution in [0.15, 0.2) is 10.9 Å². The minimum Gasteiger partial charge on any atom is -0.466 e. The second-order valence-electron chi connectivity index (χ2n) is 3.08. The molecule has 17 heavy (non-hydrogen) atoms. The molecule has 0 radical (unpaired) electrons. The molecule has 1 heterocycles. The lowest BCUT2D eigenvalue weighted by Crippen LogP contribution is -2.24. The summed E-state index contributed by atoms with van der Waals surface area (Å²) in [5.74, 6) is -0.708. The third kappa shape index (κ3) is 3.58. The van der Waals surface area contributed by atoms with E-state index in [0.717, 1.165) is 0 Å². The third-order valence-electron chi connectivity index (χ3n) is 1.79. The van der Waals surface area contributed by atoms with Gasteiger partial charge in [-0.25, -0.2) is 5.10 Å². The number of nitrogens with zero attached hydrogens (tertiary/aromatic N) is 1. The Balaban J connectivity index is 2.98. The first-order valence-electron chi connectivity index (χ1n) is 4.66. The van der Waals surface area contributed by atoms with Crippen molar-refractivity contribution in [3.05, 3.63) is 27.7 Å². The molecule has 0 aromatic carbocycles. The molecule has 1 N–H and O–H groups in total. The highest BCUT2D eigenvalue weighted by Gasteiger charge is 2.34. The Bertz CT molecular complexity index is 467. The van der Waals surface area contributed by atoms with E-state index in [1.54, 1.807) is 12.0 Å². The van der Waals surface area contributed by atoms with Gasteiger partial charge in [-0.1, -0.05) is 0 Å². The zero-order chi connectivity index (χ0) is 13.1. The highest BCUT2D eigenvalue weighted by Crippen LogP contribution is 2.26. The van der Waals surface area contributed by atoms with Crippen LogP contribution in [0, 0.1) is 0 Å². The van der Waals surface area contributed by atoms with E-state index in [-0.39, 0.29) is 12.3 Å². The van der Waals surface area contributed by atoms with Crippen LogP contribution in [0.1, 0.15) is 18.2 Å². The molecule has 0 aliphatic carbocycles. The van der Waals surface area contributed by atoms with Crippen LogP contribution in [0.4, 0.5) is 13.2 Å². The number of carbonyl (C=O) groups is 1. The van der Waals surface area contributed by atoms with Crippen molar-refractivity contribution in [2.24, 2.45) is 0 Å². The van der Waals surface area contributed by atoms with E-state index in [1.807, 2.05) is 0 Å². The van der Waals surface area contributed by atoms with Crippen LogP contribution in [-0.4, -0.2) is 22.8 Å². The molecule has 0 fully saturated rings. The van der Waals surface area contributed by atoms with E-state index in [0.29, 0.717) is 6.07 Å². The minimum atomic E-state index is -4.78. The maximum atomic E-state index is 12.4. The Morgan fingerprint density at radius 3 is 2.71 bits per heavy atom. The molecule has 0 aliphatic rings. The summed E-state index contributed by atoms with van der Waals surface area (Å²) in [6, 6.07) is 0.537. The van der Waals surface area contributed by atoms with Crippen molar-refractivity contribution >= 4 is 5.97 Å². The van der Waals surface area contributed by atoms with Crippen LogP contribution >= 0.6 is 0 Å². The molecular weight excluding hydrogens is 241 g/mol. The van der Waals surface area contributed by atoms with E-state index in [2.05, 4.69) is 9.84 Å². The number of H-pyrrole nitrogens is 1. The Hall–Kier alpha value is -1.86. The molecule has 0 saturated carbocycles. The van der Waals surface area contributed by atoms with Gasteiger partial charge in [0, 0.05) is 0 Å². The van der Waals surface area contributed by atoms with Gasteiger partial charge in [-0.15, -0.1) is 0 Å². The number of alkyl halides is 3. The molecule has 0 atom stereocenters. The fourth-order valence-corrected chi connectivity index (χ4v) is 1.11. The molecule has 94 valence electrons. The monoisotopic (exact) mass is 250 g/mol. The molecule has 0 bridgehead atoms. The van der Waals surface area contributed by atoms with Gasteiger partial charge in [-0.3, -0.25) is 9.59 Å². The molecule has 0 amide bonds. The molecule has 0 spiro atoms. The summed E-state index contributed by atoms with van der Waals surface area (Å²) in [6.45, 7) is 1.69. The van der Waals surface area contributed by atoms with E-state index in [9.17, 15) is 22.8 Å². The molecule has 1 rings (SSSR count). The quantitative estimate of drug-likeness (QED) is 0.809. The van der Waals surface area contributed by atoms with Gasteiger partial charge in [0.25, 0.3) is 5.56 Å². The zero-order valence-electron chi connectivity index (χ0n) is 8.80. The van der Waals surface area contributed by atoms with Crippen molar-refractivity contribution in [3.63, 3.8) is 0 Å². The van der Waals surface area contributed by atoms with Crippen LogP contribution in [0.3, 0.4) is 0 Å². The van der Waals surface area contributed by atoms with Crippen molar-refractivity contribution in [1.82, 2.24) is 10.2 Å². The number of hydrogen-bond acceptors (Lipinski definition) is 4. The van der Waals surface area contributed by atoms with Crippen LogP contribution in [-0.2, 0) is 22.1 Å². The van der Waals surface area contributed by atoms with Crippen LogP contribution < -0.4 is 5.56 Å². The van der Waals surface area contributed by atoms with Crippen molar-refractivity contribution in [3.8, 4) is 0 Å². The largest absolute Gasteiger partial charge is 0.466 e. The number of ether oxygens (including phenoxy) is 1. The summed E-state index contributed by atoms with van der Waals surface area (Å²) in [7, 11) is 0. The zero-order valence-corrected chi connectivity index (χ0v) is 8.80. The second kappa shape index (κ2) is 4.98. The summed E-state index contributed by atoms with van der Waals surface area (Å²) in [6.07, 6.45) is -5.20. The minimum absolute atomic E-state index is 0.119. The fraction of sp³-hybridized carbons (Fsp3) is 0.444. The first-order valence-corrected chi connectivity index (χ1v) is 4.66. The average molecular weight is 250 g/mol. The van der Waals surface area contributed by atoms with Gasteiger partial charge in [0.1, 0.15) is 5.56 Å². The first-order chi connectivity index (χ1) is 7.84. The van der Waals surface area contributed by atoms with E-state index in [4.69, 9.17) is 0 Å². The SMILES string of the molecule is CCOC(=O)Cc1cc(C(F)(F)F)c(=O)[nH]n1. The number of aromatic nitrogens is 2. The number of hydrogen-bond donors (Lipinski definition) is 1. The lowest BCUT2D eigenvalue weighted by atomic mass is 10.2. The lowest BCUT2D eigenvalue weighted by Gasteiger charge is -2.06. The summed E-state index contributed by atoms with van der Waals surface area (Å²) < 4.78 is 41.6. The number of carbonyl (C=O) groups excluding carboxylic acids is 1. The molecule has 0 unspecified atom stereocenters. The number of halogens is 3. The smallest absolute Gasteiger partial charge is 0.421 e. The number of nitrogens with one attached hydrogen (secondary N) is 1. The Kier molecular flexibility index (Phi) is 3.87. The third-order valence-corrected chi connectivity index (χ3v) is 1.79. The van der Waals surface area contributed by atoms with E-state index >= 15 is 0 Å². The van der Waals surface area contributed by atoms with Gasteiger partial charge < -0.3 is 4.74 Å². The Morgan fingerprint density at radius 2 is 2.18 bits per heavy atom. The summed E-state index contributed by atoms with van der Waals surface area (Å²) in [5, 5.41) is 5.03. The predicted octanol–water partition coefficient (Wildman–Crippen LogP) is 0.894. The van der Waals surface area contributed by atoms with Crippen LogP contribution in [0.5, 0.6) is 0 Å². The topological polar surface area (TPSA) is 72.1 Å². The standard InChI is InChI=1S/C9H9F3N2O3/c1-2-17-7(15)4-5-3-6(9(10,11)12)8(16)14-13-5/h3H,2,4H2,1H3,(H,14,16). The van der Waals surface area contributed by atoms with Crippen molar-refractivity contribution in [2.75, 3.05) is 6.61 Å². The maximum absolute atomic E-state index is 12.4. The van der Waals surface area contributed by atoms with Gasteiger partial charge in [0.2, 0.25) is 0 Å². The van der Waals surface area contributed by atoms with Gasteiger partial charge >= 0.3 is 12.1 Å². The lowest BCUT2D eigenvalue weighted by molar-refractivity contribution is -0.143. The van der Waals surface area contributed by atoms with E-state index in [1.165, 1.54) is 0 Å². The van der Waals surface area contributed by atoms with Gasteiger partial charge in [0.05, 0.1) is 18.7 Å². The molecule has 0 aliphatic heterocycles. The fourth-order valence-electron chi connectivity index (χ4n) is 1.11. The average Bonchev–Trinajstić information content (AvgIpc) is 2.19. The highest BCUT2D eigenvalue weighted by atomic mass is 19.4. The van der Waals surface area contributed by atoms with Gasteiger partial charge in [0.15, 0.2) is 0 Å². The number of rotatable bonds is 3. The van der Waals surface area contributed by atoms with Crippen LogP contribution in [0.25, 0.3) is 0 Å². The maximum Gasteiger partial charge on any atom is 0.421 e. The van der Waals surface area contributed by atoms with Crippen LogP contribution in [0.2, 0.25) is 0 Å². The molecule has 1 aromatic rings. The molecule has 5 nitrogen and oxygen atoms in total. The highest BCUT2D eigenvalue weighted by molar-refractivity contribution is 5.71. The predicted molar refractivity (Wildman–Crippen MR) is 50.2 cm³/mol. The van der Waals surface area contributed by atoms with Crippen molar-refractivity contribution < 1.29 is 22.7 Å². The molecule has 0 saturated heterocycles. The van der Waals surface area contributed by atoms with Gasteiger partial charge in [-0.2, -0.15) is 18.3 Å². The van der Waals surface area contributed by atoms with Crippen molar-refractivity contribution in [1.29, 1.82) is 0 Å². The normalized spacial score (nSPS) is 11.3. The van der Waals surface area contributed by atoms with E-state index < -0.39 is 29.7 Å². The molecule has 8 heteroatoms. The van der Waals surface area contributed by atoms with Crippen molar-refractivity contribution in [2.45, 2.75) is 19.5 Å². The number of aromatic amines is 1.